The molecule has 1 saturated heterocycles. The van der Waals surface area contributed by atoms with Crippen LogP contribution in [0.25, 0.3) is 0 Å². The number of hydrogen-bond acceptors (Lipinski definition) is 2. The van der Waals surface area contributed by atoms with Gasteiger partial charge in [0, 0.05) is 12.6 Å². The van der Waals surface area contributed by atoms with Crippen LogP contribution in [0.1, 0.15) is 26.2 Å². The number of likely N-dealkylation sites (N-methyl/N-ethyl adjacent to an activating group) is 1. The summed E-state index contributed by atoms with van der Waals surface area (Å²) in [6.07, 6.45) is 4.00. The second kappa shape index (κ2) is 5.40. The molecule has 0 amide bonds. The van der Waals surface area contributed by atoms with E-state index in [0.29, 0.717) is 0 Å². The van der Waals surface area contributed by atoms with Crippen molar-refractivity contribution in [2.24, 2.45) is 0 Å². The summed E-state index contributed by atoms with van der Waals surface area (Å²) in [5.41, 5.74) is 1.25. The van der Waals surface area contributed by atoms with E-state index in [9.17, 15) is 0 Å². The number of rotatable bonds is 5. The van der Waals surface area contributed by atoms with Gasteiger partial charge < -0.3 is 10.2 Å². The van der Waals surface area contributed by atoms with Crippen molar-refractivity contribution in [2.75, 3.05) is 26.7 Å². The summed E-state index contributed by atoms with van der Waals surface area (Å²) >= 11 is 0. The lowest BCUT2D eigenvalue weighted by Gasteiger charge is -2.18. The lowest BCUT2D eigenvalue weighted by molar-refractivity contribution is 0.336. The maximum absolute atomic E-state index is 3.92. The van der Waals surface area contributed by atoms with E-state index in [2.05, 4.69) is 30.8 Å². The Morgan fingerprint density at radius 1 is 1.62 bits per heavy atom. The maximum Gasteiger partial charge on any atom is 0.0184 e. The third kappa shape index (κ3) is 4.44. The van der Waals surface area contributed by atoms with Crippen LogP contribution in [0.4, 0.5) is 0 Å². The third-order valence-corrected chi connectivity index (χ3v) is 2.56. The van der Waals surface area contributed by atoms with Crippen molar-refractivity contribution in [3.63, 3.8) is 0 Å². The number of hydrogen-bond donors (Lipinski definition) is 1. The first-order chi connectivity index (χ1) is 6.18. The Kier molecular flexibility index (Phi) is 4.46. The molecule has 0 aromatic rings. The summed E-state index contributed by atoms with van der Waals surface area (Å²) in [6, 6.07) is 0.771. The second-order valence-corrected chi connectivity index (χ2v) is 4.28. The zero-order chi connectivity index (χ0) is 9.68. The van der Waals surface area contributed by atoms with E-state index in [1.165, 1.54) is 37.9 Å². The van der Waals surface area contributed by atoms with Crippen LogP contribution in [0.3, 0.4) is 0 Å². The van der Waals surface area contributed by atoms with Gasteiger partial charge in [-0.15, -0.1) is 0 Å². The first kappa shape index (κ1) is 10.7. The lowest BCUT2D eigenvalue weighted by atomic mass is 10.1. The molecule has 1 N–H and O–H groups in total. The Balaban J connectivity index is 2.06. The average molecular weight is 182 g/mol. The molecule has 1 heterocycles. The van der Waals surface area contributed by atoms with Gasteiger partial charge in [-0.25, -0.2) is 0 Å². The van der Waals surface area contributed by atoms with Gasteiger partial charge in [0.15, 0.2) is 0 Å². The van der Waals surface area contributed by atoms with E-state index < -0.39 is 0 Å². The Bertz CT molecular complexity index is 159. The Hall–Kier alpha value is -0.340. The predicted molar refractivity (Wildman–Crippen MR) is 58.0 cm³/mol. The van der Waals surface area contributed by atoms with Crippen molar-refractivity contribution in [3.8, 4) is 0 Å². The molecule has 1 aliphatic rings. The molecule has 2 heteroatoms. The van der Waals surface area contributed by atoms with Crippen molar-refractivity contribution in [1.82, 2.24) is 10.2 Å². The zero-order valence-corrected chi connectivity index (χ0v) is 8.97. The van der Waals surface area contributed by atoms with Crippen molar-refractivity contribution in [3.05, 3.63) is 12.2 Å². The van der Waals surface area contributed by atoms with Gasteiger partial charge in [0.2, 0.25) is 0 Å². The van der Waals surface area contributed by atoms with Crippen molar-refractivity contribution in [2.45, 2.75) is 32.2 Å². The summed E-state index contributed by atoms with van der Waals surface area (Å²) in [6.45, 7) is 9.44. The fourth-order valence-electron chi connectivity index (χ4n) is 1.92. The molecule has 1 atom stereocenters. The highest BCUT2D eigenvalue weighted by molar-refractivity contribution is 4.91. The molecule has 1 rings (SSSR count). The first-order valence-electron chi connectivity index (χ1n) is 5.25. The van der Waals surface area contributed by atoms with Gasteiger partial charge in [0.25, 0.3) is 0 Å². The highest BCUT2D eigenvalue weighted by Crippen LogP contribution is 2.09. The molecule has 0 bridgehead atoms. The quantitative estimate of drug-likeness (QED) is 0.650. The normalized spacial score (nSPS) is 22.5. The zero-order valence-electron chi connectivity index (χ0n) is 8.97. The standard InChI is InChI=1S/C11H22N2/c1-10(2)9-13(3)8-6-11-5-4-7-12-11/h11-12H,1,4-9H2,2-3H3. The lowest BCUT2D eigenvalue weighted by Crippen LogP contribution is -2.29. The van der Waals surface area contributed by atoms with Crippen LogP contribution in [-0.4, -0.2) is 37.6 Å². The molecule has 76 valence electrons. The highest BCUT2D eigenvalue weighted by Gasteiger charge is 2.13. The van der Waals surface area contributed by atoms with Crippen molar-refractivity contribution >= 4 is 0 Å². The van der Waals surface area contributed by atoms with Crippen molar-refractivity contribution < 1.29 is 0 Å². The summed E-state index contributed by atoms with van der Waals surface area (Å²) < 4.78 is 0. The highest BCUT2D eigenvalue weighted by atomic mass is 15.1. The van der Waals surface area contributed by atoms with Gasteiger partial charge >= 0.3 is 0 Å². The van der Waals surface area contributed by atoms with Gasteiger partial charge in [-0.05, 0) is 46.3 Å². The molecule has 13 heavy (non-hydrogen) atoms. The second-order valence-electron chi connectivity index (χ2n) is 4.28. The van der Waals surface area contributed by atoms with E-state index in [0.717, 1.165) is 12.6 Å². The summed E-state index contributed by atoms with van der Waals surface area (Å²) in [4.78, 5) is 2.35. The van der Waals surface area contributed by atoms with Gasteiger partial charge in [-0.3, -0.25) is 0 Å². The SMILES string of the molecule is C=C(C)CN(C)CCC1CCCN1. The largest absolute Gasteiger partial charge is 0.314 e. The fourth-order valence-corrected chi connectivity index (χ4v) is 1.92. The molecule has 0 saturated carbocycles. The molecule has 2 nitrogen and oxygen atoms in total. The maximum atomic E-state index is 3.92. The van der Waals surface area contributed by atoms with E-state index in [4.69, 9.17) is 0 Å². The third-order valence-electron chi connectivity index (χ3n) is 2.56. The molecule has 0 aromatic heterocycles. The molecule has 0 aromatic carbocycles. The average Bonchev–Trinajstić information content (AvgIpc) is 2.51. The van der Waals surface area contributed by atoms with E-state index >= 15 is 0 Å². The number of nitrogens with one attached hydrogen (secondary N) is 1. The minimum Gasteiger partial charge on any atom is -0.314 e. The monoisotopic (exact) mass is 182 g/mol. The predicted octanol–water partition coefficient (Wildman–Crippen LogP) is 1.64. The summed E-state index contributed by atoms with van der Waals surface area (Å²) in [5.74, 6) is 0. The van der Waals surface area contributed by atoms with Crippen LogP contribution in [0.5, 0.6) is 0 Å². The molecule has 1 aliphatic heterocycles. The summed E-state index contributed by atoms with van der Waals surface area (Å²) in [5, 5.41) is 3.52. The molecule has 0 spiro atoms. The molecular formula is C11H22N2. The van der Waals surface area contributed by atoms with Gasteiger partial charge in [0.1, 0.15) is 0 Å². The Morgan fingerprint density at radius 3 is 2.92 bits per heavy atom. The van der Waals surface area contributed by atoms with Crippen LogP contribution >= 0.6 is 0 Å². The summed E-state index contributed by atoms with van der Waals surface area (Å²) in [7, 11) is 2.17. The van der Waals surface area contributed by atoms with Crippen LogP contribution < -0.4 is 5.32 Å². The molecule has 0 radical (unpaired) electrons. The first-order valence-corrected chi connectivity index (χ1v) is 5.25. The van der Waals surface area contributed by atoms with E-state index in [-0.39, 0.29) is 0 Å². The van der Waals surface area contributed by atoms with Crippen LogP contribution in [0.15, 0.2) is 12.2 Å². The Morgan fingerprint density at radius 2 is 2.38 bits per heavy atom. The van der Waals surface area contributed by atoms with Crippen LogP contribution in [0, 0.1) is 0 Å². The molecule has 0 aliphatic carbocycles. The Labute approximate surface area is 82.0 Å². The van der Waals surface area contributed by atoms with Gasteiger partial charge in [0.05, 0.1) is 0 Å². The van der Waals surface area contributed by atoms with Crippen molar-refractivity contribution in [1.29, 1.82) is 0 Å². The molecule has 1 fully saturated rings. The number of nitrogens with zero attached hydrogens (tertiary/aromatic N) is 1. The van der Waals surface area contributed by atoms with E-state index in [1.807, 2.05) is 0 Å². The molecular weight excluding hydrogens is 160 g/mol. The topological polar surface area (TPSA) is 15.3 Å². The molecule has 1 unspecified atom stereocenters. The minimum atomic E-state index is 0.771. The van der Waals surface area contributed by atoms with Crippen LogP contribution in [-0.2, 0) is 0 Å². The smallest absolute Gasteiger partial charge is 0.0184 e. The fraction of sp³-hybridized carbons (Fsp3) is 0.818. The van der Waals surface area contributed by atoms with Gasteiger partial charge in [-0.1, -0.05) is 12.2 Å². The van der Waals surface area contributed by atoms with Gasteiger partial charge in [-0.2, -0.15) is 0 Å². The van der Waals surface area contributed by atoms with Crippen LogP contribution in [0.2, 0.25) is 0 Å². The minimum absolute atomic E-state index is 0.771. The van der Waals surface area contributed by atoms with E-state index in [1.54, 1.807) is 0 Å².